The Hall–Kier alpha value is -3.23. The molecule has 0 radical (unpaired) electrons. The summed E-state index contributed by atoms with van der Waals surface area (Å²) in [6, 6.07) is 18.4. The summed E-state index contributed by atoms with van der Waals surface area (Å²) in [7, 11) is -2.68. The molecule has 0 bridgehead atoms. The molecule has 0 aliphatic rings. The zero-order chi connectivity index (χ0) is 25.6. The van der Waals surface area contributed by atoms with Gasteiger partial charge < -0.3 is 14.8 Å². The smallest absolute Gasteiger partial charge is 0.264 e. The molecule has 35 heavy (non-hydrogen) atoms. The van der Waals surface area contributed by atoms with Gasteiger partial charge >= 0.3 is 0 Å². The highest BCUT2D eigenvalue weighted by Crippen LogP contribution is 2.34. The molecule has 3 rings (SSSR count). The Morgan fingerprint density at radius 3 is 2.43 bits per heavy atom. The van der Waals surface area contributed by atoms with Gasteiger partial charge in [-0.3, -0.25) is 9.10 Å². The number of sulfonamides is 1. The Morgan fingerprint density at radius 1 is 1.06 bits per heavy atom. The summed E-state index contributed by atoms with van der Waals surface area (Å²) in [5, 5.41) is 3.10. The largest absolute Gasteiger partial charge is 0.495 e. The van der Waals surface area contributed by atoms with Gasteiger partial charge in [0.25, 0.3) is 10.0 Å². The second kappa shape index (κ2) is 11.5. The van der Waals surface area contributed by atoms with E-state index in [2.05, 4.69) is 5.32 Å². The van der Waals surface area contributed by atoms with Gasteiger partial charge in [-0.2, -0.15) is 0 Å². The average Bonchev–Trinajstić information content (AvgIpc) is 2.81. The molecule has 1 N–H and O–H groups in total. The van der Waals surface area contributed by atoms with Crippen LogP contribution in [0.4, 0.5) is 5.69 Å². The molecule has 0 aliphatic carbocycles. The van der Waals surface area contributed by atoms with E-state index in [-0.39, 0.29) is 29.0 Å². The first-order valence-corrected chi connectivity index (χ1v) is 12.9. The molecular formula is C26H29ClN2O5S. The monoisotopic (exact) mass is 516 g/mol. The minimum Gasteiger partial charge on any atom is -0.495 e. The molecule has 186 valence electrons. The van der Waals surface area contributed by atoms with Crippen molar-refractivity contribution < 1.29 is 22.7 Å². The third-order valence-electron chi connectivity index (χ3n) is 5.07. The van der Waals surface area contributed by atoms with Crippen LogP contribution in [-0.2, 0) is 21.4 Å². The first-order valence-electron chi connectivity index (χ1n) is 11.1. The molecule has 1 amide bonds. The molecule has 0 fully saturated rings. The van der Waals surface area contributed by atoms with Crippen molar-refractivity contribution >= 4 is 33.2 Å². The molecule has 0 aromatic heterocycles. The highest BCUT2D eigenvalue weighted by molar-refractivity contribution is 7.92. The summed E-state index contributed by atoms with van der Waals surface area (Å²) < 4.78 is 39.3. The number of benzene rings is 3. The number of carbonyl (C=O) groups excluding carboxylic acids is 1. The maximum Gasteiger partial charge on any atom is 0.264 e. The van der Waals surface area contributed by atoms with Gasteiger partial charge in [-0.25, -0.2) is 8.42 Å². The molecule has 0 spiro atoms. The van der Waals surface area contributed by atoms with Crippen molar-refractivity contribution in [2.45, 2.75) is 38.3 Å². The van der Waals surface area contributed by atoms with Crippen LogP contribution in [0.1, 0.15) is 25.0 Å². The molecule has 0 aliphatic heterocycles. The molecule has 9 heteroatoms. The molecule has 0 heterocycles. The van der Waals surface area contributed by atoms with Crippen LogP contribution < -0.4 is 19.1 Å². The van der Waals surface area contributed by atoms with E-state index in [1.807, 2.05) is 45.0 Å². The number of halogens is 1. The van der Waals surface area contributed by atoms with Crippen LogP contribution in [0.15, 0.2) is 71.6 Å². The van der Waals surface area contributed by atoms with Crippen LogP contribution in [-0.4, -0.2) is 34.1 Å². The van der Waals surface area contributed by atoms with Gasteiger partial charge in [0.1, 0.15) is 18.0 Å². The van der Waals surface area contributed by atoms with Crippen LogP contribution in [0.2, 0.25) is 5.02 Å². The number of carbonyl (C=O) groups is 1. The minimum atomic E-state index is -4.10. The van der Waals surface area contributed by atoms with E-state index in [0.717, 1.165) is 15.4 Å². The highest BCUT2D eigenvalue weighted by atomic mass is 35.5. The normalized spacial score (nSPS) is 11.3. The lowest BCUT2D eigenvalue weighted by molar-refractivity contribution is -0.119. The SMILES string of the molecule is COc1ccc(Cl)cc1N(CC(=O)NCc1cccc(OC(C)C)c1)S(=O)(=O)c1ccc(C)cc1. The van der Waals surface area contributed by atoms with Gasteiger partial charge in [0.15, 0.2) is 0 Å². The molecule has 0 unspecified atom stereocenters. The average molecular weight is 517 g/mol. The standard InChI is InChI=1S/C26H29ClN2O5S/c1-18(2)34-22-7-5-6-20(14-22)16-28-26(30)17-29(24-15-21(27)10-13-25(24)33-4)35(31,32)23-11-8-19(3)9-12-23/h5-15,18H,16-17H2,1-4H3,(H,28,30). The number of amides is 1. The fourth-order valence-corrected chi connectivity index (χ4v) is 4.97. The number of hydrogen-bond acceptors (Lipinski definition) is 5. The lowest BCUT2D eigenvalue weighted by Gasteiger charge is -2.26. The number of methoxy groups -OCH3 is 1. The number of rotatable bonds is 10. The van der Waals surface area contributed by atoms with E-state index < -0.39 is 22.5 Å². The summed E-state index contributed by atoms with van der Waals surface area (Å²) in [6.07, 6.45) is 0.0213. The van der Waals surface area contributed by atoms with Crippen LogP contribution in [0.5, 0.6) is 11.5 Å². The van der Waals surface area contributed by atoms with Crippen LogP contribution >= 0.6 is 11.6 Å². The fourth-order valence-electron chi connectivity index (χ4n) is 3.38. The van der Waals surface area contributed by atoms with Crippen molar-refractivity contribution in [1.82, 2.24) is 5.32 Å². The van der Waals surface area contributed by atoms with Gasteiger partial charge in [0.05, 0.1) is 23.8 Å². The van der Waals surface area contributed by atoms with Gasteiger partial charge in [0.2, 0.25) is 5.91 Å². The number of ether oxygens (including phenoxy) is 2. The third-order valence-corrected chi connectivity index (χ3v) is 7.07. The van der Waals surface area contributed by atoms with E-state index in [1.54, 1.807) is 24.3 Å². The van der Waals surface area contributed by atoms with E-state index in [4.69, 9.17) is 21.1 Å². The van der Waals surface area contributed by atoms with Gasteiger partial charge in [-0.15, -0.1) is 0 Å². The first-order chi connectivity index (χ1) is 16.6. The number of aryl methyl sites for hydroxylation is 1. The van der Waals surface area contributed by atoms with Crippen LogP contribution in [0, 0.1) is 6.92 Å². The molecule has 3 aromatic rings. The highest BCUT2D eigenvalue weighted by Gasteiger charge is 2.29. The quantitative estimate of drug-likeness (QED) is 0.412. The second-order valence-electron chi connectivity index (χ2n) is 8.23. The molecule has 7 nitrogen and oxygen atoms in total. The van der Waals surface area contributed by atoms with Crippen molar-refractivity contribution in [3.8, 4) is 11.5 Å². The van der Waals surface area contributed by atoms with Crippen molar-refractivity contribution in [3.63, 3.8) is 0 Å². The van der Waals surface area contributed by atoms with Crippen molar-refractivity contribution in [2.75, 3.05) is 18.0 Å². The predicted octanol–water partition coefficient (Wildman–Crippen LogP) is 4.96. The predicted molar refractivity (Wildman–Crippen MR) is 138 cm³/mol. The Labute approximate surface area is 211 Å². The zero-order valence-electron chi connectivity index (χ0n) is 20.1. The van der Waals surface area contributed by atoms with E-state index >= 15 is 0 Å². The minimum absolute atomic E-state index is 0.0213. The topological polar surface area (TPSA) is 84.9 Å². The first kappa shape index (κ1) is 26.4. The Bertz CT molecular complexity index is 1280. The van der Waals surface area contributed by atoms with E-state index in [1.165, 1.54) is 25.3 Å². The lowest BCUT2D eigenvalue weighted by atomic mass is 10.2. The van der Waals surface area contributed by atoms with Crippen LogP contribution in [0.25, 0.3) is 0 Å². The molecule has 0 saturated carbocycles. The second-order valence-corrected chi connectivity index (χ2v) is 10.5. The Morgan fingerprint density at radius 2 is 1.77 bits per heavy atom. The van der Waals surface area contributed by atoms with Gasteiger partial charge in [0, 0.05) is 11.6 Å². The summed E-state index contributed by atoms with van der Waals surface area (Å²) in [5.41, 5.74) is 1.91. The fraction of sp³-hybridized carbons (Fsp3) is 0.269. The molecule has 0 saturated heterocycles. The van der Waals surface area contributed by atoms with Crippen molar-refractivity contribution in [2.24, 2.45) is 0 Å². The van der Waals surface area contributed by atoms with Crippen molar-refractivity contribution in [1.29, 1.82) is 0 Å². The molecule has 0 atom stereocenters. The van der Waals surface area contributed by atoms with Gasteiger partial charge in [-0.05, 0) is 68.8 Å². The molecule has 3 aromatic carbocycles. The maximum atomic E-state index is 13.6. The van der Waals surface area contributed by atoms with Crippen LogP contribution in [0.3, 0.4) is 0 Å². The zero-order valence-corrected chi connectivity index (χ0v) is 21.7. The number of nitrogens with one attached hydrogen (secondary N) is 1. The number of anilines is 1. The van der Waals surface area contributed by atoms with E-state index in [9.17, 15) is 13.2 Å². The van der Waals surface area contributed by atoms with Gasteiger partial charge in [-0.1, -0.05) is 41.4 Å². The lowest BCUT2D eigenvalue weighted by Crippen LogP contribution is -2.40. The summed E-state index contributed by atoms with van der Waals surface area (Å²) >= 11 is 6.17. The Balaban J connectivity index is 1.88. The third kappa shape index (κ3) is 6.90. The summed E-state index contributed by atoms with van der Waals surface area (Å²) in [5.74, 6) is 0.480. The Kier molecular flexibility index (Phi) is 8.64. The number of nitrogens with zero attached hydrogens (tertiary/aromatic N) is 1. The maximum absolute atomic E-state index is 13.6. The summed E-state index contributed by atoms with van der Waals surface area (Å²) in [6.45, 7) is 5.47. The number of hydrogen-bond donors (Lipinski definition) is 1. The molecular weight excluding hydrogens is 488 g/mol. The van der Waals surface area contributed by atoms with Crippen molar-refractivity contribution in [3.05, 3.63) is 82.9 Å². The van der Waals surface area contributed by atoms with E-state index in [0.29, 0.717) is 10.8 Å². The summed E-state index contributed by atoms with van der Waals surface area (Å²) in [4.78, 5) is 13.0.